The van der Waals surface area contributed by atoms with E-state index in [1.54, 1.807) is 43.3 Å². The summed E-state index contributed by atoms with van der Waals surface area (Å²) < 4.78 is 29.2. The zero-order valence-electron chi connectivity index (χ0n) is 22.5. The van der Waals surface area contributed by atoms with Gasteiger partial charge in [0.15, 0.2) is 11.5 Å². The second-order valence-electron chi connectivity index (χ2n) is 8.76. The monoisotopic (exact) mass is 662 g/mol. The molecule has 1 aliphatic rings. The van der Waals surface area contributed by atoms with Crippen molar-refractivity contribution in [1.82, 2.24) is 9.99 Å². The zero-order valence-corrected chi connectivity index (χ0v) is 25.6. The fourth-order valence-corrected chi connectivity index (χ4v) is 4.81. The van der Waals surface area contributed by atoms with Crippen molar-refractivity contribution in [2.45, 2.75) is 33.3 Å². The average molecular weight is 664 g/mol. The first kappa shape index (κ1) is 30.4. The third-order valence-corrected chi connectivity index (χ3v) is 7.62. The van der Waals surface area contributed by atoms with Crippen LogP contribution in [0.5, 0.6) is 17.4 Å². The Hall–Kier alpha value is -3.56. The molecule has 1 aromatic heterocycles. The van der Waals surface area contributed by atoms with Crippen molar-refractivity contribution >= 4 is 50.9 Å². The number of carbonyl (C=O) groups is 1. The minimum atomic E-state index is -0.903. The maximum absolute atomic E-state index is 12.4. The third kappa shape index (κ3) is 6.85. The van der Waals surface area contributed by atoms with E-state index in [2.05, 4.69) is 32.1 Å². The van der Waals surface area contributed by atoms with E-state index >= 15 is 0 Å². The quantitative estimate of drug-likeness (QED) is 0.259. The molecular formula is C28H25BrCl2N4O6. The molecule has 0 radical (unpaired) electrons. The second kappa shape index (κ2) is 13.4. The van der Waals surface area contributed by atoms with Gasteiger partial charge in [-0.1, -0.05) is 29.3 Å². The predicted molar refractivity (Wildman–Crippen MR) is 155 cm³/mol. The fourth-order valence-electron chi connectivity index (χ4n) is 3.95. The number of nitrogens with zero attached hydrogens (tertiary/aromatic N) is 4. The number of hydrazone groups is 1. The lowest BCUT2D eigenvalue weighted by atomic mass is 10.1. The lowest BCUT2D eigenvalue weighted by Gasteiger charge is -2.20. The Labute approximate surface area is 255 Å². The summed E-state index contributed by atoms with van der Waals surface area (Å²) in [5.74, 6) is 0.814. The number of aryl methyl sites for hydroxylation is 1. The van der Waals surface area contributed by atoms with Crippen molar-refractivity contribution in [3.05, 3.63) is 78.9 Å². The maximum atomic E-state index is 12.4. The van der Waals surface area contributed by atoms with Gasteiger partial charge in [-0.3, -0.25) is 4.79 Å². The van der Waals surface area contributed by atoms with Crippen LogP contribution in [0.4, 0.5) is 0 Å². The van der Waals surface area contributed by atoms with Crippen molar-refractivity contribution in [2.75, 3.05) is 20.8 Å². The Kier molecular flexibility index (Phi) is 9.94. The minimum Gasteiger partial charge on any atom is -0.493 e. The molecule has 13 heteroatoms. The molecule has 0 spiro atoms. The third-order valence-electron chi connectivity index (χ3n) is 5.98. The number of halogens is 3. The average Bonchev–Trinajstić information content (AvgIpc) is 3.39. The van der Waals surface area contributed by atoms with Crippen molar-refractivity contribution in [1.29, 1.82) is 5.26 Å². The van der Waals surface area contributed by atoms with Crippen LogP contribution < -0.4 is 14.2 Å². The van der Waals surface area contributed by atoms with Gasteiger partial charge in [-0.05, 0) is 53.2 Å². The standard InChI is InChI=1S/C28H25BrCl2N4O6/c1-15-26(29)21(13-37-3)20(11-32)28(33-15)40-14-25-35(16(2)36)34-27(41-25)17-6-8-23(24(9-17)38-4)39-12-18-5-7-19(30)10-22(18)31/h5-10,25H,12-14H2,1-4H3. The van der Waals surface area contributed by atoms with Gasteiger partial charge < -0.3 is 23.7 Å². The molecule has 3 aromatic rings. The number of benzene rings is 2. The summed E-state index contributed by atoms with van der Waals surface area (Å²) in [7, 11) is 3.04. The van der Waals surface area contributed by atoms with Gasteiger partial charge >= 0.3 is 0 Å². The molecule has 0 saturated carbocycles. The van der Waals surface area contributed by atoms with Gasteiger partial charge in [-0.2, -0.15) is 10.3 Å². The molecule has 1 amide bonds. The summed E-state index contributed by atoms with van der Waals surface area (Å²) in [6.07, 6.45) is -0.903. The first-order chi connectivity index (χ1) is 19.7. The molecule has 10 nitrogen and oxygen atoms in total. The molecule has 0 saturated heterocycles. The molecule has 0 aliphatic carbocycles. The van der Waals surface area contributed by atoms with Crippen molar-refractivity contribution in [3.63, 3.8) is 0 Å². The molecule has 2 heterocycles. The summed E-state index contributed by atoms with van der Waals surface area (Å²) in [5, 5.41) is 16.3. The number of carbonyl (C=O) groups excluding carboxylic acids is 1. The Balaban J connectivity index is 1.51. The molecule has 1 unspecified atom stereocenters. The van der Waals surface area contributed by atoms with E-state index in [9.17, 15) is 10.1 Å². The summed E-state index contributed by atoms with van der Waals surface area (Å²) in [5.41, 5.74) is 2.75. The number of hydrogen-bond donors (Lipinski definition) is 0. The van der Waals surface area contributed by atoms with Gasteiger partial charge in [0.1, 0.15) is 24.8 Å². The van der Waals surface area contributed by atoms with Crippen molar-refractivity contribution in [2.24, 2.45) is 5.10 Å². The van der Waals surface area contributed by atoms with E-state index in [0.29, 0.717) is 42.8 Å². The molecule has 214 valence electrons. The van der Waals surface area contributed by atoms with Gasteiger partial charge in [0.2, 0.25) is 23.9 Å². The number of hydrogen-bond acceptors (Lipinski definition) is 9. The molecule has 0 bridgehead atoms. The Bertz CT molecular complexity index is 1540. The molecule has 0 fully saturated rings. The number of pyridine rings is 1. The molecule has 1 atom stereocenters. The predicted octanol–water partition coefficient (Wildman–Crippen LogP) is 6.01. The van der Waals surface area contributed by atoms with E-state index in [4.69, 9.17) is 46.9 Å². The van der Waals surface area contributed by atoms with Gasteiger partial charge in [0.05, 0.1) is 19.4 Å². The van der Waals surface area contributed by atoms with Crippen LogP contribution in [0.15, 0.2) is 46.0 Å². The SMILES string of the molecule is COCc1c(Br)c(C)nc(OCC2OC(c3ccc(OCc4ccc(Cl)cc4Cl)c(OC)c3)=NN2C(C)=O)c1C#N. The number of ether oxygens (including phenoxy) is 5. The van der Waals surface area contributed by atoms with Crippen LogP contribution in [-0.2, 0) is 27.5 Å². The molecule has 2 aromatic carbocycles. The van der Waals surface area contributed by atoms with Crippen molar-refractivity contribution in [3.8, 4) is 23.4 Å². The fraction of sp³-hybridized carbons (Fsp3) is 0.286. The summed E-state index contributed by atoms with van der Waals surface area (Å²) in [6, 6.07) is 12.4. The van der Waals surface area contributed by atoms with E-state index in [-0.39, 0.29) is 43.1 Å². The van der Waals surface area contributed by atoms with Crippen LogP contribution >= 0.6 is 39.1 Å². The number of nitriles is 1. The second-order valence-corrected chi connectivity index (χ2v) is 10.4. The van der Waals surface area contributed by atoms with Gasteiger partial charge in [-0.15, -0.1) is 5.10 Å². The van der Waals surface area contributed by atoms with Gasteiger partial charge in [-0.25, -0.2) is 4.98 Å². The summed E-state index contributed by atoms with van der Waals surface area (Å²) in [4.78, 5) is 16.8. The molecule has 1 aliphatic heterocycles. The molecular weight excluding hydrogens is 639 g/mol. The highest BCUT2D eigenvalue weighted by molar-refractivity contribution is 9.10. The number of amides is 1. The van der Waals surface area contributed by atoms with Crippen LogP contribution in [0.2, 0.25) is 10.0 Å². The van der Waals surface area contributed by atoms with Crippen LogP contribution in [0, 0.1) is 18.3 Å². The van der Waals surface area contributed by atoms with Crippen LogP contribution in [0.3, 0.4) is 0 Å². The number of methoxy groups -OCH3 is 2. The Morgan fingerprint density at radius 3 is 2.59 bits per heavy atom. The largest absolute Gasteiger partial charge is 0.493 e. The van der Waals surface area contributed by atoms with E-state index < -0.39 is 6.23 Å². The Morgan fingerprint density at radius 2 is 1.93 bits per heavy atom. The number of aromatic nitrogens is 1. The van der Waals surface area contributed by atoms with E-state index in [1.165, 1.54) is 26.2 Å². The number of rotatable bonds is 10. The molecule has 0 N–H and O–H groups in total. The highest BCUT2D eigenvalue weighted by Gasteiger charge is 2.33. The van der Waals surface area contributed by atoms with Crippen molar-refractivity contribution < 1.29 is 28.5 Å². The zero-order chi connectivity index (χ0) is 29.7. The summed E-state index contributed by atoms with van der Waals surface area (Å²) >= 11 is 15.7. The first-order valence-electron chi connectivity index (χ1n) is 12.2. The highest BCUT2D eigenvalue weighted by Crippen LogP contribution is 2.33. The van der Waals surface area contributed by atoms with Crippen LogP contribution in [0.25, 0.3) is 0 Å². The normalized spacial score (nSPS) is 14.2. The van der Waals surface area contributed by atoms with Crippen LogP contribution in [0.1, 0.15) is 34.9 Å². The molecule has 4 rings (SSSR count). The molecule has 41 heavy (non-hydrogen) atoms. The highest BCUT2D eigenvalue weighted by atomic mass is 79.9. The van der Waals surface area contributed by atoms with E-state index in [1.807, 2.05) is 0 Å². The maximum Gasteiger partial charge on any atom is 0.243 e. The lowest BCUT2D eigenvalue weighted by molar-refractivity contribution is -0.136. The van der Waals surface area contributed by atoms with Gasteiger partial charge in [0.25, 0.3) is 0 Å². The smallest absolute Gasteiger partial charge is 0.243 e. The van der Waals surface area contributed by atoms with Gasteiger partial charge in [0, 0.05) is 45.2 Å². The lowest BCUT2D eigenvalue weighted by Crippen LogP contribution is -2.37. The van der Waals surface area contributed by atoms with E-state index in [0.717, 1.165) is 5.56 Å². The topological polar surface area (TPSA) is 116 Å². The van der Waals surface area contributed by atoms with Crippen LogP contribution in [-0.4, -0.2) is 48.9 Å². The Morgan fingerprint density at radius 1 is 1.15 bits per heavy atom. The first-order valence-corrected chi connectivity index (χ1v) is 13.7. The minimum absolute atomic E-state index is 0.102. The summed E-state index contributed by atoms with van der Waals surface area (Å²) in [6.45, 7) is 3.38.